The number of rotatable bonds is 9. The summed E-state index contributed by atoms with van der Waals surface area (Å²) in [6.45, 7) is 6.02. The van der Waals surface area contributed by atoms with Crippen molar-refractivity contribution in [1.82, 2.24) is 30.7 Å². The standard InChI is InChI=1S/C17H20N10O4/c1-3-25(4-2)10-13-14(20-24-26(13)16-15(18)22-31-23-16)17(28)21-19-9-11-7-5-6-8-12(11)27(29)30/h5-9H,3-4,10H2,1-2H3,(H2,18,22)(H,21,28)/p+1. The fourth-order valence-corrected chi connectivity index (χ4v) is 2.86. The molecule has 0 radical (unpaired) electrons. The van der Waals surface area contributed by atoms with E-state index in [0.717, 1.165) is 18.0 Å². The molecule has 4 N–H and O–H groups in total. The van der Waals surface area contributed by atoms with Gasteiger partial charge >= 0.3 is 0 Å². The molecule has 0 aliphatic carbocycles. The Kier molecular flexibility index (Phi) is 6.61. The van der Waals surface area contributed by atoms with Crippen LogP contribution in [0, 0.1) is 10.1 Å². The summed E-state index contributed by atoms with van der Waals surface area (Å²) in [4.78, 5) is 24.4. The molecule has 1 aromatic carbocycles. The van der Waals surface area contributed by atoms with Crippen LogP contribution in [0.4, 0.5) is 11.5 Å². The zero-order valence-corrected chi connectivity index (χ0v) is 16.8. The molecule has 2 aromatic heterocycles. The molecular weight excluding hydrogens is 408 g/mol. The van der Waals surface area contributed by atoms with Crippen LogP contribution in [0.15, 0.2) is 34.0 Å². The first-order valence-electron chi connectivity index (χ1n) is 9.39. The Labute approximate surface area is 175 Å². The topological polar surface area (TPSA) is 185 Å². The lowest BCUT2D eigenvalue weighted by Crippen LogP contribution is -3.10. The van der Waals surface area contributed by atoms with E-state index in [4.69, 9.17) is 5.73 Å². The molecule has 31 heavy (non-hydrogen) atoms. The largest absolute Gasteiger partial charge is 0.378 e. The van der Waals surface area contributed by atoms with Crippen molar-refractivity contribution in [3.8, 4) is 5.82 Å². The van der Waals surface area contributed by atoms with E-state index >= 15 is 0 Å². The lowest BCUT2D eigenvalue weighted by atomic mass is 10.2. The number of aromatic nitrogens is 5. The van der Waals surface area contributed by atoms with Gasteiger partial charge in [-0.25, -0.2) is 10.1 Å². The van der Waals surface area contributed by atoms with Crippen molar-refractivity contribution in [2.45, 2.75) is 20.4 Å². The normalized spacial score (nSPS) is 11.3. The molecule has 0 fully saturated rings. The number of amides is 1. The Morgan fingerprint density at radius 3 is 2.74 bits per heavy atom. The number of nitrogens with two attached hydrogens (primary N) is 1. The Balaban J connectivity index is 1.88. The van der Waals surface area contributed by atoms with E-state index in [-0.39, 0.29) is 28.6 Å². The molecular formula is C17H21N10O4+. The Morgan fingerprint density at radius 1 is 1.35 bits per heavy atom. The minimum Gasteiger partial charge on any atom is -0.378 e. The van der Waals surface area contributed by atoms with E-state index in [1.165, 1.54) is 23.0 Å². The van der Waals surface area contributed by atoms with Crippen LogP contribution in [0.1, 0.15) is 35.6 Å². The van der Waals surface area contributed by atoms with Gasteiger partial charge in [0.1, 0.15) is 12.2 Å². The number of nitrogens with one attached hydrogen (secondary N) is 2. The SMILES string of the molecule is CC[NH+](CC)Cc1c(C(=O)NN=Cc2ccccc2[N+](=O)[O-])nnn1-c1nonc1N. The van der Waals surface area contributed by atoms with Crippen LogP contribution in [0.2, 0.25) is 0 Å². The van der Waals surface area contributed by atoms with E-state index in [0.29, 0.717) is 12.2 Å². The molecule has 0 aliphatic rings. The van der Waals surface area contributed by atoms with Crippen LogP contribution in [-0.4, -0.2) is 55.4 Å². The van der Waals surface area contributed by atoms with Gasteiger partial charge in [-0.2, -0.15) is 9.78 Å². The predicted octanol–water partition coefficient (Wildman–Crippen LogP) is -0.671. The molecule has 2 heterocycles. The Hall–Kier alpha value is -4.20. The maximum absolute atomic E-state index is 12.7. The van der Waals surface area contributed by atoms with Gasteiger partial charge in [0.15, 0.2) is 5.69 Å². The second-order valence-electron chi connectivity index (χ2n) is 6.42. The van der Waals surface area contributed by atoms with E-state index < -0.39 is 10.8 Å². The summed E-state index contributed by atoms with van der Waals surface area (Å²) in [5.74, 6) is -0.517. The van der Waals surface area contributed by atoms with Gasteiger partial charge in [0.05, 0.1) is 29.8 Å². The fraction of sp³-hybridized carbons (Fsp3) is 0.294. The van der Waals surface area contributed by atoms with Gasteiger partial charge in [0.25, 0.3) is 11.6 Å². The number of benzene rings is 1. The van der Waals surface area contributed by atoms with Crippen LogP contribution in [-0.2, 0) is 6.54 Å². The number of para-hydroxylation sites is 1. The summed E-state index contributed by atoms with van der Waals surface area (Å²) in [6.07, 6.45) is 1.19. The zero-order chi connectivity index (χ0) is 22.4. The van der Waals surface area contributed by atoms with E-state index in [2.05, 4.69) is 35.8 Å². The lowest BCUT2D eigenvalue weighted by Gasteiger charge is -2.15. The van der Waals surface area contributed by atoms with Crippen molar-refractivity contribution in [2.24, 2.45) is 5.10 Å². The number of nitrogen functional groups attached to an aromatic ring is 1. The second kappa shape index (κ2) is 9.53. The quantitative estimate of drug-likeness (QED) is 0.225. The first kappa shape index (κ1) is 21.5. The van der Waals surface area contributed by atoms with Gasteiger partial charge < -0.3 is 10.6 Å². The number of quaternary nitrogens is 1. The number of anilines is 1. The van der Waals surface area contributed by atoms with Gasteiger partial charge in [-0.1, -0.05) is 17.3 Å². The summed E-state index contributed by atoms with van der Waals surface area (Å²) < 4.78 is 5.93. The summed E-state index contributed by atoms with van der Waals surface area (Å²) in [6, 6.07) is 6.03. The maximum Gasteiger partial charge on any atom is 0.294 e. The van der Waals surface area contributed by atoms with Crippen molar-refractivity contribution < 1.29 is 19.2 Å². The molecule has 3 rings (SSSR count). The number of nitro benzene ring substituents is 1. The highest BCUT2D eigenvalue weighted by atomic mass is 16.6. The second-order valence-corrected chi connectivity index (χ2v) is 6.42. The third-order valence-electron chi connectivity index (χ3n) is 4.60. The van der Waals surface area contributed by atoms with Crippen molar-refractivity contribution >= 4 is 23.6 Å². The number of hydrogen-bond acceptors (Lipinski definition) is 10. The van der Waals surface area contributed by atoms with E-state index in [1.54, 1.807) is 12.1 Å². The lowest BCUT2D eigenvalue weighted by molar-refractivity contribution is -0.910. The fourth-order valence-electron chi connectivity index (χ4n) is 2.86. The number of hydrogen-bond donors (Lipinski definition) is 3. The highest BCUT2D eigenvalue weighted by Crippen LogP contribution is 2.16. The predicted molar refractivity (Wildman–Crippen MR) is 108 cm³/mol. The number of hydrazone groups is 1. The summed E-state index contributed by atoms with van der Waals surface area (Å²) in [7, 11) is 0. The summed E-state index contributed by atoms with van der Waals surface area (Å²) in [5.41, 5.74) is 8.66. The monoisotopic (exact) mass is 429 g/mol. The molecule has 3 aromatic rings. The van der Waals surface area contributed by atoms with Crippen LogP contribution >= 0.6 is 0 Å². The summed E-state index contributed by atoms with van der Waals surface area (Å²) in [5, 5.41) is 30.1. The molecule has 1 amide bonds. The maximum atomic E-state index is 12.7. The van der Waals surface area contributed by atoms with E-state index in [1.807, 2.05) is 13.8 Å². The van der Waals surface area contributed by atoms with Gasteiger partial charge in [-0.05, 0) is 30.2 Å². The number of carbonyl (C=O) groups excluding carboxylic acids is 1. The molecule has 0 unspecified atom stereocenters. The van der Waals surface area contributed by atoms with Crippen molar-refractivity contribution in [3.63, 3.8) is 0 Å². The molecule has 14 heteroatoms. The third kappa shape index (κ3) is 4.69. The highest BCUT2D eigenvalue weighted by molar-refractivity contribution is 5.94. The minimum atomic E-state index is -0.641. The van der Waals surface area contributed by atoms with Crippen LogP contribution in [0.3, 0.4) is 0 Å². The first-order valence-corrected chi connectivity index (χ1v) is 9.39. The van der Waals surface area contributed by atoms with Crippen LogP contribution in [0.25, 0.3) is 5.82 Å². The van der Waals surface area contributed by atoms with Gasteiger partial charge in [-0.3, -0.25) is 14.9 Å². The smallest absolute Gasteiger partial charge is 0.294 e. The zero-order valence-electron chi connectivity index (χ0n) is 16.8. The van der Waals surface area contributed by atoms with Crippen molar-refractivity contribution in [3.05, 3.63) is 51.3 Å². The van der Waals surface area contributed by atoms with E-state index in [9.17, 15) is 14.9 Å². The average Bonchev–Trinajstić information content (AvgIpc) is 3.37. The van der Waals surface area contributed by atoms with Gasteiger partial charge in [-0.15, -0.1) is 5.10 Å². The molecule has 0 bridgehead atoms. The first-order chi connectivity index (χ1) is 15.0. The average molecular weight is 429 g/mol. The highest BCUT2D eigenvalue weighted by Gasteiger charge is 2.26. The molecule has 14 nitrogen and oxygen atoms in total. The molecule has 0 atom stereocenters. The molecule has 162 valence electrons. The van der Waals surface area contributed by atoms with Crippen LogP contribution in [0.5, 0.6) is 0 Å². The van der Waals surface area contributed by atoms with Crippen molar-refractivity contribution in [2.75, 3.05) is 18.8 Å². The minimum absolute atomic E-state index is 0.00191. The number of carbonyl (C=O) groups is 1. The van der Waals surface area contributed by atoms with Crippen LogP contribution < -0.4 is 16.1 Å². The molecule has 0 spiro atoms. The molecule has 0 saturated heterocycles. The Bertz CT molecular complexity index is 1100. The van der Waals surface area contributed by atoms with Crippen molar-refractivity contribution in [1.29, 1.82) is 0 Å². The molecule has 0 aliphatic heterocycles. The number of nitrogens with zero attached hydrogens (tertiary/aromatic N) is 7. The molecule has 0 saturated carbocycles. The van der Waals surface area contributed by atoms with Gasteiger partial charge in [0, 0.05) is 6.07 Å². The Morgan fingerprint density at radius 2 is 2.10 bits per heavy atom. The number of nitro groups is 1. The summed E-state index contributed by atoms with van der Waals surface area (Å²) >= 11 is 0. The third-order valence-corrected chi connectivity index (χ3v) is 4.60. The van der Waals surface area contributed by atoms with Gasteiger partial charge in [0.2, 0.25) is 11.6 Å².